The minimum Gasteiger partial charge on any atom is -0.325 e. The van der Waals surface area contributed by atoms with Crippen molar-refractivity contribution in [3.05, 3.63) is 54.1 Å². The molecule has 0 aliphatic rings. The summed E-state index contributed by atoms with van der Waals surface area (Å²) in [6.07, 6.45) is 5.63. The Bertz CT molecular complexity index is 764. The highest BCUT2D eigenvalue weighted by Gasteiger charge is 2.14. The van der Waals surface area contributed by atoms with Crippen LogP contribution in [0.1, 0.15) is 32.0 Å². The summed E-state index contributed by atoms with van der Waals surface area (Å²) in [5.74, 6) is 0. The van der Waals surface area contributed by atoms with E-state index in [2.05, 4.69) is 55.0 Å². The van der Waals surface area contributed by atoms with Crippen LogP contribution in [0.25, 0.3) is 16.9 Å². The zero-order valence-corrected chi connectivity index (χ0v) is 12.7. The van der Waals surface area contributed by atoms with E-state index in [0.29, 0.717) is 6.54 Å². The second-order valence-corrected chi connectivity index (χ2v) is 6.27. The lowest BCUT2D eigenvalue weighted by atomic mass is 9.86. The zero-order valence-electron chi connectivity index (χ0n) is 12.7. The van der Waals surface area contributed by atoms with Crippen molar-refractivity contribution in [2.45, 2.75) is 32.7 Å². The van der Waals surface area contributed by atoms with Crippen LogP contribution in [0, 0.1) is 0 Å². The number of aromatic nitrogens is 3. The average molecular weight is 280 g/mol. The highest BCUT2D eigenvalue weighted by molar-refractivity contribution is 5.74. The minimum absolute atomic E-state index is 0.147. The predicted molar refractivity (Wildman–Crippen MR) is 85.0 cm³/mol. The van der Waals surface area contributed by atoms with Crippen molar-refractivity contribution in [3.8, 4) is 11.3 Å². The van der Waals surface area contributed by atoms with E-state index in [4.69, 9.17) is 5.73 Å². The summed E-state index contributed by atoms with van der Waals surface area (Å²) in [4.78, 5) is 9.05. The molecule has 0 radical (unpaired) electrons. The number of nitrogens with two attached hydrogens (primary N) is 1. The Morgan fingerprint density at radius 1 is 1.14 bits per heavy atom. The molecule has 2 heterocycles. The normalized spacial score (nSPS) is 12.0. The first-order valence-electron chi connectivity index (χ1n) is 7.12. The third-order valence-corrected chi connectivity index (χ3v) is 3.66. The number of rotatable bonds is 2. The van der Waals surface area contributed by atoms with E-state index in [1.54, 1.807) is 6.20 Å². The van der Waals surface area contributed by atoms with Crippen molar-refractivity contribution in [1.29, 1.82) is 0 Å². The quantitative estimate of drug-likeness (QED) is 0.784. The van der Waals surface area contributed by atoms with E-state index in [9.17, 15) is 0 Å². The standard InChI is InChI=1S/C17H20N4/c1-17(2,3)13-6-4-12(5-7-13)15-16-19-8-9-21(16)11-14(10-18)20-15/h4-9,11H,10,18H2,1-3H3. The Morgan fingerprint density at radius 3 is 2.48 bits per heavy atom. The van der Waals surface area contributed by atoms with Crippen molar-refractivity contribution >= 4 is 5.65 Å². The molecular weight excluding hydrogens is 260 g/mol. The third-order valence-electron chi connectivity index (χ3n) is 3.66. The van der Waals surface area contributed by atoms with Crippen LogP contribution in [0.2, 0.25) is 0 Å². The Hall–Kier alpha value is -2.20. The van der Waals surface area contributed by atoms with Gasteiger partial charge in [0.15, 0.2) is 5.65 Å². The SMILES string of the molecule is CC(C)(C)c1ccc(-c2nc(CN)cn3ccnc23)cc1. The summed E-state index contributed by atoms with van der Waals surface area (Å²) in [5.41, 5.74) is 10.9. The maximum atomic E-state index is 5.74. The Morgan fingerprint density at radius 2 is 1.86 bits per heavy atom. The van der Waals surface area contributed by atoms with E-state index >= 15 is 0 Å². The van der Waals surface area contributed by atoms with E-state index < -0.39 is 0 Å². The van der Waals surface area contributed by atoms with E-state index in [0.717, 1.165) is 22.6 Å². The number of nitrogens with zero attached hydrogens (tertiary/aromatic N) is 3. The summed E-state index contributed by atoms with van der Waals surface area (Å²) >= 11 is 0. The van der Waals surface area contributed by atoms with Gasteiger partial charge in [0.25, 0.3) is 0 Å². The highest BCUT2D eigenvalue weighted by Crippen LogP contribution is 2.27. The van der Waals surface area contributed by atoms with Crippen LogP contribution in [0.15, 0.2) is 42.9 Å². The molecule has 0 saturated heterocycles. The lowest BCUT2D eigenvalue weighted by molar-refractivity contribution is 0.590. The fourth-order valence-corrected chi connectivity index (χ4v) is 2.40. The first-order chi connectivity index (χ1) is 9.99. The molecule has 0 aliphatic heterocycles. The molecule has 4 heteroatoms. The first kappa shape index (κ1) is 13.8. The highest BCUT2D eigenvalue weighted by atomic mass is 15.0. The van der Waals surface area contributed by atoms with Gasteiger partial charge < -0.3 is 10.1 Å². The summed E-state index contributed by atoms with van der Waals surface area (Å²) in [6.45, 7) is 7.05. The largest absolute Gasteiger partial charge is 0.325 e. The molecule has 0 bridgehead atoms. The first-order valence-corrected chi connectivity index (χ1v) is 7.12. The van der Waals surface area contributed by atoms with E-state index in [1.807, 2.05) is 16.8 Å². The van der Waals surface area contributed by atoms with Crippen LogP contribution < -0.4 is 5.73 Å². The molecule has 0 unspecified atom stereocenters. The Kier molecular flexibility index (Phi) is 3.26. The van der Waals surface area contributed by atoms with Gasteiger partial charge in [-0.15, -0.1) is 0 Å². The summed E-state index contributed by atoms with van der Waals surface area (Å²) < 4.78 is 1.97. The topological polar surface area (TPSA) is 56.2 Å². The van der Waals surface area contributed by atoms with Gasteiger partial charge in [-0.1, -0.05) is 45.0 Å². The monoisotopic (exact) mass is 280 g/mol. The molecule has 1 aromatic carbocycles. The van der Waals surface area contributed by atoms with Crippen LogP contribution >= 0.6 is 0 Å². The van der Waals surface area contributed by atoms with Gasteiger partial charge in [-0.25, -0.2) is 9.97 Å². The van der Waals surface area contributed by atoms with Gasteiger partial charge in [0.1, 0.15) is 5.69 Å². The summed E-state index contributed by atoms with van der Waals surface area (Å²) in [5, 5.41) is 0. The molecule has 0 fully saturated rings. The molecule has 21 heavy (non-hydrogen) atoms. The summed E-state index contributed by atoms with van der Waals surface area (Å²) in [7, 11) is 0. The molecule has 2 N–H and O–H groups in total. The predicted octanol–water partition coefficient (Wildman–Crippen LogP) is 3.15. The molecule has 108 valence electrons. The van der Waals surface area contributed by atoms with Gasteiger partial charge >= 0.3 is 0 Å². The van der Waals surface area contributed by atoms with Crippen LogP contribution in [-0.2, 0) is 12.0 Å². The molecule has 3 aromatic rings. The van der Waals surface area contributed by atoms with Crippen LogP contribution in [0.4, 0.5) is 0 Å². The van der Waals surface area contributed by atoms with Crippen molar-refractivity contribution in [1.82, 2.24) is 14.4 Å². The smallest absolute Gasteiger partial charge is 0.163 e. The van der Waals surface area contributed by atoms with Crippen LogP contribution in [0.5, 0.6) is 0 Å². The second kappa shape index (κ2) is 4.97. The van der Waals surface area contributed by atoms with Crippen LogP contribution in [0.3, 0.4) is 0 Å². The number of benzene rings is 1. The fraction of sp³-hybridized carbons (Fsp3) is 0.294. The van der Waals surface area contributed by atoms with Crippen molar-refractivity contribution in [2.24, 2.45) is 5.73 Å². The molecule has 2 aromatic heterocycles. The van der Waals surface area contributed by atoms with E-state index in [1.165, 1.54) is 5.56 Å². The minimum atomic E-state index is 0.147. The number of hydrogen-bond donors (Lipinski definition) is 1. The molecular formula is C17H20N4. The maximum absolute atomic E-state index is 5.74. The molecule has 0 amide bonds. The molecule has 0 atom stereocenters. The van der Waals surface area contributed by atoms with Crippen LogP contribution in [-0.4, -0.2) is 14.4 Å². The van der Waals surface area contributed by atoms with Gasteiger partial charge in [-0.2, -0.15) is 0 Å². The molecule has 0 spiro atoms. The maximum Gasteiger partial charge on any atom is 0.163 e. The van der Waals surface area contributed by atoms with E-state index in [-0.39, 0.29) is 5.41 Å². The molecule has 0 aliphatic carbocycles. The zero-order chi connectivity index (χ0) is 15.0. The van der Waals surface area contributed by atoms with Crippen molar-refractivity contribution in [2.75, 3.05) is 0 Å². The third kappa shape index (κ3) is 2.54. The lowest BCUT2D eigenvalue weighted by Gasteiger charge is -2.19. The average Bonchev–Trinajstić information content (AvgIpc) is 2.93. The van der Waals surface area contributed by atoms with Gasteiger partial charge in [-0.05, 0) is 11.0 Å². The molecule has 0 saturated carbocycles. The van der Waals surface area contributed by atoms with Gasteiger partial charge in [0.05, 0.1) is 5.69 Å². The Labute approximate surface area is 124 Å². The fourth-order valence-electron chi connectivity index (χ4n) is 2.40. The van der Waals surface area contributed by atoms with Crippen molar-refractivity contribution < 1.29 is 0 Å². The van der Waals surface area contributed by atoms with Gasteiger partial charge in [-0.3, -0.25) is 0 Å². The lowest BCUT2D eigenvalue weighted by Crippen LogP contribution is -2.10. The molecule has 3 rings (SSSR count). The molecule has 4 nitrogen and oxygen atoms in total. The summed E-state index contributed by atoms with van der Waals surface area (Å²) in [6, 6.07) is 8.53. The number of imidazole rings is 1. The second-order valence-electron chi connectivity index (χ2n) is 6.27. The van der Waals surface area contributed by atoms with Crippen molar-refractivity contribution in [3.63, 3.8) is 0 Å². The van der Waals surface area contributed by atoms with Gasteiger partial charge in [0.2, 0.25) is 0 Å². The number of hydrogen-bond acceptors (Lipinski definition) is 3. The van der Waals surface area contributed by atoms with Gasteiger partial charge in [0, 0.05) is 30.7 Å². The Balaban J connectivity index is 2.13. The number of fused-ring (bicyclic) bond motifs is 1.